The van der Waals surface area contributed by atoms with Crippen LogP contribution in [-0.4, -0.2) is 55.9 Å². The van der Waals surface area contributed by atoms with Crippen molar-refractivity contribution in [2.45, 2.75) is 32.0 Å². The van der Waals surface area contributed by atoms with Gasteiger partial charge in [-0.25, -0.2) is 0 Å². The van der Waals surface area contributed by atoms with Gasteiger partial charge >= 0.3 is 6.18 Å². The van der Waals surface area contributed by atoms with Crippen molar-refractivity contribution in [3.63, 3.8) is 0 Å². The lowest BCUT2D eigenvalue weighted by molar-refractivity contribution is -0.169. The standard InChI is InChI=1S/C11H19F3N2O2/c1-2-3-5-16(8-11(12,13)14)10(17)9-7-15-4-6-18-9/h9,15H,2-8H2,1H3. The monoisotopic (exact) mass is 268 g/mol. The summed E-state index contributed by atoms with van der Waals surface area (Å²) in [6, 6.07) is 0. The molecule has 1 atom stereocenters. The molecule has 1 aliphatic heterocycles. The molecular weight excluding hydrogens is 249 g/mol. The molecule has 0 aromatic carbocycles. The third-order valence-corrected chi connectivity index (χ3v) is 2.67. The second kappa shape index (κ2) is 6.94. The van der Waals surface area contributed by atoms with Gasteiger partial charge < -0.3 is 15.0 Å². The van der Waals surface area contributed by atoms with E-state index in [2.05, 4.69) is 5.32 Å². The van der Waals surface area contributed by atoms with E-state index in [0.717, 1.165) is 11.3 Å². The van der Waals surface area contributed by atoms with Crippen LogP contribution in [0.3, 0.4) is 0 Å². The van der Waals surface area contributed by atoms with E-state index in [-0.39, 0.29) is 13.1 Å². The van der Waals surface area contributed by atoms with Gasteiger partial charge in [0.15, 0.2) is 0 Å². The Bertz CT molecular complexity index is 266. The van der Waals surface area contributed by atoms with Crippen molar-refractivity contribution in [1.29, 1.82) is 0 Å². The highest BCUT2D eigenvalue weighted by atomic mass is 19.4. The van der Waals surface area contributed by atoms with Crippen LogP contribution < -0.4 is 5.32 Å². The predicted molar refractivity (Wildman–Crippen MR) is 60.2 cm³/mol. The summed E-state index contributed by atoms with van der Waals surface area (Å²) in [6.07, 6.45) is -3.86. The van der Waals surface area contributed by atoms with Gasteiger partial charge in [-0.3, -0.25) is 4.79 Å². The maximum atomic E-state index is 12.4. The number of nitrogens with zero attached hydrogens (tertiary/aromatic N) is 1. The molecule has 1 rings (SSSR count). The van der Waals surface area contributed by atoms with Crippen LogP contribution in [0.25, 0.3) is 0 Å². The lowest BCUT2D eigenvalue weighted by atomic mass is 10.2. The van der Waals surface area contributed by atoms with Crippen LogP contribution in [-0.2, 0) is 9.53 Å². The third kappa shape index (κ3) is 5.22. The van der Waals surface area contributed by atoms with E-state index in [4.69, 9.17) is 4.74 Å². The van der Waals surface area contributed by atoms with Gasteiger partial charge in [-0.1, -0.05) is 13.3 Å². The molecule has 18 heavy (non-hydrogen) atoms. The van der Waals surface area contributed by atoms with Crippen molar-refractivity contribution in [1.82, 2.24) is 10.2 Å². The smallest absolute Gasteiger partial charge is 0.366 e. The number of morpholine rings is 1. The van der Waals surface area contributed by atoms with Crippen LogP contribution in [0.5, 0.6) is 0 Å². The maximum Gasteiger partial charge on any atom is 0.406 e. The molecule has 0 spiro atoms. The summed E-state index contributed by atoms with van der Waals surface area (Å²) >= 11 is 0. The first-order chi connectivity index (χ1) is 8.44. The molecule has 1 N–H and O–H groups in total. The molecule has 0 aromatic rings. The van der Waals surface area contributed by atoms with Gasteiger partial charge in [-0.15, -0.1) is 0 Å². The predicted octanol–water partition coefficient (Wildman–Crippen LogP) is 1.17. The van der Waals surface area contributed by atoms with Crippen LogP contribution >= 0.6 is 0 Å². The Morgan fingerprint density at radius 2 is 2.22 bits per heavy atom. The second-order valence-electron chi connectivity index (χ2n) is 4.29. The fraction of sp³-hybridized carbons (Fsp3) is 0.909. The van der Waals surface area contributed by atoms with E-state index in [0.29, 0.717) is 19.6 Å². The quantitative estimate of drug-likeness (QED) is 0.813. The molecule has 1 amide bonds. The zero-order valence-corrected chi connectivity index (χ0v) is 10.4. The number of hydrogen-bond donors (Lipinski definition) is 1. The van der Waals surface area contributed by atoms with Crippen LogP contribution in [0.15, 0.2) is 0 Å². The minimum absolute atomic E-state index is 0.120. The van der Waals surface area contributed by atoms with Gasteiger partial charge in [0, 0.05) is 19.6 Å². The van der Waals surface area contributed by atoms with Gasteiger partial charge in [0.2, 0.25) is 0 Å². The number of rotatable bonds is 5. The number of carbonyl (C=O) groups excluding carboxylic acids is 1. The Labute approximate surface area is 104 Å². The molecule has 1 saturated heterocycles. The van der Waals surface area contributed by atoms with E-state index in [1.165, 1.54) is 0 Å². The summed E-state index contributed by atoms with van der Waals surface area (Å²) < 4.78 is 42.4. The SMILES string of the molecule is CCCCN(CC(F)(F)F)C(=O)C1CNCCO1. The number of amides is 1. The number of ether oxygens (including phenoxy) is 1. The summed E-state index contributed by atoms with van der Waals surface area (Å²) in [4.78, 5) is 12.8. The van der Waals surface area contributed by atoms with E-state index in [1.807, 2.05) is 6.92 Å². The number of halogens is 3. The average Bonchev–Trinajstić information content (AvgIpc) is 2.33. The van der Waals surface area contributed by atoms with E-state index in [9.17, 15) is 18.0 Å². The Kier molecular flexibility index (Phi) is 5.87. The number of unbranched alkanes of at least 4 members (excludes halogenated alkanes) is 1. The summed E-state index contributed by atoms with van der Waals surface area (Å²) in [5.74, 6) is -0.576. The van der Waals surface area contributed by atoms with Crippen molar-refractivity contribution >= 4 is 5.91 Å². The highest BCUT2D eigenvalue weighted by molar-refractivity contribution is 5.81. The molecule has 0 bridgehead atoms. The molecule has 0 aliphatic carbocycles. The molecule has 0 aromatic heterocycles. The minimum Gasteiger partial charge on any atom is -0.366 e. The lowest BCUT2D eigenvalue weighted by Gasteiger charge is -2.30. The normalized spacial score (nSPS) is 20.8. The van der Waals surface area contributed by atoms with Gasteiger partial charge in [-0.05, 0) is 6.42 Å². The first kappa shape index (κ1) is 15.2. The zero-order valence-electron chi connectivity index (χ0n) is 10.4. The van der Waals surface area contributed by atoms with Crippen LogP contribution in [0, 0.1) is 0 Å². The van der Waals surface area contributed by atoms with E-state index in [1.54, 1.807) is 0 Å². The fourth-order valence-corrected chi connectivity index (χ4v) is 1.76. The largest absolute Gasteiger partial charge is 0.406 e. The molecule has 1 aliphatic rings. The number of hydrogen-bond acceptors (Lipinski definition) is 3. The topological polar surface area (TPSA) is 41.6 Å². The maximum absolute atomic E-state index is 12.4. The minimum atomic E-state index is -4.37. The average molecular weight is 268 g/mol. The Morgan fingerprint density at radius 1 is 1.50 bits per heavy atom. The summed E-state index contributed by atoms with van der Waals surface area (Å²) in [5, 5.41) is 2.94. The molecule has 7 heteroatoms. The van der Waals surface area contributed by atoms with Gasteiger partial charge in [-0.2, -0.15) is 13.2 Å². The van der Waals surface area contributed by atoms with Crippen LogP contribution in [0.2, 0.25) is 0 Å². The summed E-state index contributed by atoms with van der Waals surface area (Å²) in [5.41, 5.74) is 0. The second-order valence-corrected chi connectivity index (χ2v) is 4.29. The van der Waals surface area contributed by atoms with Crippen LogP contribution in [0.1, 0.15) is 19.8 Å². The van der Waals surface area contributed by atoms with Gasteiger partial charge in [0.05, 0.1) is 6.61 Å². The summed E-state index contributed by atoms with van der Waals surface area (Å²) in [6.45, 7) is 2.04. The molecule has 1 fully saturated rings. The number of carbonyl (C=O) groups is 1. The number of nitrogens with one attached hydrogen (secondary N) is 1. The van der Waals surface area contributed by atoms with Crippen molar-refractivity contribution in [3.05, 3.63) is 0 Å². The highest BCUT2D eigenvalue weighted by Crippen LogP contribution is 2.18. The lowest BCUT2D eigenvalue weighted by Crippen LogP contribution is -2.51. The highest BCUT2D eigenvalue weighted by Gasteiger charge is 2.35. The third-order valence-electron chi connectivity index (χ3n) is 2.67. The molecule has 0 radical (unpaired) electrons. The van der Waals surface area contributed by atoms with Crippen molar-refractivity contribution in [3.8, 4) is 0 Å². The van der Waals surface area contributed by atoms with Gasteiger partial charge in [0.1, 0.15) is 12.6 Å². The summed E-state index contributed by atoms with van der Waals surface area (Å²) in [7, 11) is 0. The molecule has 1 unspecified atom stereocenters. The van der Waals surface area contributed by atoms with E-state index >= 15 is 0 Å². The zero-order chi connectivity index (χ0) is 13.6. The molecule has 0 saturated carbocycles. The molecule has 106 valence electrons. The Balaban J connectivity index is 2.59. The van der Waals surface area contributed by atoms with Crippen molar-refractivity contribution < 1.29 is 22.7 Å². The Morgan fingerprint density at radius 3 is 2.72 bits per heavy atom. The fourth-order valence-electron chi connectivity index (χ4n) is 1.76. The van der Waals surface area contributed by atoms with Crippen molar-refractivity contribution in [2.75, 3.05) is 32.8 Å². The van der Waals surface area contributed by atoms with Gasteiger partial charge in [0.25, 0.3) is 5.91 Å². The van der Waals surface area contributed by atoms with Crippen molar-refractivity contribution in [2.24, 2.45) is 0 Å². The van der Waals surface area contributed by atoms with E-state index < -0.39 is 24.7 Å². The number of alkyl halides is 3. The van der Waals surface area contributed by atoms with Crippen LogP contribution in [0.4, 0.5) is 13.2 Å². The molecule has 4 nitrogen and oxygen atoms in total. The molecule has 1 heterocycles. The molecular formula is C11H19F3N2O2. The Hall–Kier alpha value is -0.820. The first-order valence-corrected chi connectivity index (χ1v) is 6.12. The first-order valence-electron chi connectivity index (χ1n) is 6.12.